The first-order valence-corrected chi connectivity index (χ1v) is 23.8. The van der Waals surface area contributed by atoms with Crippen LogP contribution in [-0.2, 0) is 40.3 Å². The molecule has 0 atom stereocenters. The van der Waals surface area contributed by atoms with E-state index >= 15 is 0 Å². The van der Waals surface area contributed by atoms with Gasteiger partial charge >= 0.3 is 0 Å². The zero-order valence-electron chi connectivity index (χ0n) is 33.7. The van der Waals surface area contributed by atoms with E-state index in [2.05, 4.69) is 20.5 Å². The fraction of sp³-hybridized carbons (Fsp3) is 0.278. The van der Waals surface area contributed by atoms with E-state index in [1.807, 2.05) is 0 Å². The highest BCUT2D eigenvalue weighted by molar-refractivity contribution is 7.89. The number of azo groups is 2. The predicted molar refractivity (Wildman–Crippen MR) is 225 cm³/mol. The Bertz CT molecular complexity index is 3140. The molecule has 22 nitrogen and oxygen atoms in total. The Balaban J connectivity index is 1.71. The molecule has 0 saturated heterocycles. The summed E-state index contributed by atoms with van der Waals surface area (Å²) < 4.78 is 136. The number of aromatic hydroxyl groups is 3. The summed E-state index contributed by atoms with van der Waals surface area (Å²) in [6.45, 7) is 6.76. The quantitative estimate of drug-likeness (QED) is 0.0370. The van der Waals surface area contributed by atoms with Gasteiger partial charge in [0.05, 0.1) is 29.4 Å². The maximum absolute atomic E-state index is 14.1. The number of nitrogen functional groups attached to an aromatic ring is 1. The second kappa shape index (κ2) is 17.6. The normalized spacial score (nSPS) is 13.1. The number of methoxy groups -OCH3 is 2. The Morgan fingerprint density at radius 2 is 0.984 bits per heavy atom. The summed E-state index contributed by atoms with van der Waals surface area (Å²) in [5.74, 6) is -3.04. The highest BCUT2D eigenvalue weighted by Gasteiger charge is 2.31. The molecule has 0 aromatic heterocycles. The number of anilines is 1. The molecule has 0 aliphatic heterocycles. The van der Waals surface area contributed by atoms with Crippen LogP contribution < -0.4 is 15.2 Å². The van der Waals surface area contributed by atoms with Crippen molar-refractivity contribution in [1.82, 2.24) is 8.61 Å². The maximum atomic E-state index is 14.1. The number of fused-ring (bicyclic) bond motifs is 2. The van der Waals surface area contributed by atoms with Crippen molar-refractivity contribution in [2.45, 2.75) is 47.3 Å². The monoisotopic (exact) mass is 939 g/mol. The van der Waals surface area contributed by atoms with Crippen LogP contribution in [0.5, 0.6) is 28.7 Å². The van der Waals surface area contributed by atoms with Gasteiger partial charge in [0.25, 0.3) is 20.2 Å². The van der Waals surface area contributed by atoms with E-state index in [0.717, 1.165) is 28.6 Å². The van der Waals surface area contributed by atoms with Crippen molar-refractivity contribution >= 4 is 90.3 Å². The molecule has 5 aromatic rings. The lowest BCUT2D eigenvalue weighted by atomic mass is 10.1. The molecular weight excluding hydrogens is 899 g/mol. The Labute approximate surface area is 356 Å². The highest BCUT2D eigenvalue weighted by Crippen LogP contribution is 2.49. The van der Waals surface area contributed by atoms with Crippen molar-refractivity contribution in [1.29, 1.82) is 0 Å². The van der Waals surface area contributed by atoms with Crippen molar-refractivity contribution in [2.24, 2.45) is 20.5 Å². The van der Waals surface area contributed by atoms with Crippen molar-refractivity contribution in [2.75, 3.05) is 46.1 Å². The zero-order chi connectivity index (χ0) is 46.3. The van der Waals surface area contributed by atoms with Gasteiger partial charge in [-0.25, -0.2) is 16.8 Å². The van der Waals surface area contributed by atoms with Crippen LogP contribution in [-0.4, -0.2) is 107 Å². The molecule has 0 aliphatic carbocycles. The summed E-state index contributed by atoms with van der Waals surface area (Å²) >= 11 is 0. The van der Waals surface area contributed by atoms with E-state index in [9.17, 15) is 58.1 Å². The van der Waals surface area contributed by atoms with Crippen LogP contribution in [0.15, 0.2) is 88.6 Å². The van der Waals surface area contributed by atoms with E-state index in [1.165, 1.54) is 30.7 Å². The second-order valence-electron chi connectivity index (χ2n) is 13.0. The van der Waals surface area contributed by atoms with E-state index < -0.39 is 94.4 Å². The molecule has 5 rings (SSSR count). The minimum atomic E-state index is -5.23. The zero-order valence-corrected chi connectivity index (χ0v) is 36.9. The number of hydrogen-bond acceptors (Lipinski definition) is 18. The number of sulfonamides is 2. The molecule has 0 saturated carbocycles. The number of rotatable bonds is 16. The number of phenols is 3. The summed E-state index contributed by atoms with van der Waals surface area (Å²) in [6.07, 6.45) is 0. The molecule has 0 bridgehead atoms. The first-order valence-electron chi connectivity index (χ1n) is 18.1. The van der Waals surface area contributed by atoms with Gasteiger partial charge in [0.15, 0.2) is 11.5 Å². The summed E-state index contributed by atoms with van der Waals surface area (Å²) in [6, 6.07) is 7.78. The molecule has 0 amide bonds. The number of nitrogens with two attached hydrogens (primary N) is 1. The van der Waals surface area contributed by atoms with Gasteiger partial charge in [0.1, 0.15) is 49.8 Å². The molecule has 26 heteroatoms. The van der Waals surface area contributed by atoms with Gasteiger partial charge in [-0.2, -0.15) is 25.4 Å². The van der Waals surface area contributed by atoms with Crippen molar-refractivity contribution < 1.29 is 67.6 Å². The number of ether oxygens (including phenoxy) is 2. The van der Waals surface area contributed by atoms with Gasteiger partial charge in [-0.1, -0.05) is 27.7 Å². The average molecular weight is 940 g/mol. The SMILES string of the molecule is CCN(CC)S(=O)(=O)c1cc(N)c2c(O)c(N=Nc3cc(OC)c(N=Nc4c(S(=O)(=O)O)cc5cc(S(=O)(=O)O)cc(O)c5c4O)cc3OC)c(S(=O)(=O)N(CC)CC)cc2c1. The van der Waals surface area contributed by atoms with E-state index in [1.54, 1.807) is 27.7 Å². The molecule has 0 radical (unpaired) electrons. The van der Waals surface area contributed by atoms with Crippen molar-refractivity contribution in [3.05, 3.63) is 48.5 Å². The minimum Gasteiger partial charge on any atom is -0.507 e. The van der Waals surface area contributed by atoms with E-state index in [4.69, 9.17) is 15.2 Å². The summed E-state index contributed by atoms with van der Waals surface area (Å²) in [5, 5.41) is 48.1. The molecule has 334 valence electrons. The molecule has 0 fully saturated rings. The lowest BCUT2D eigenvalue weighted by molar-refractivity contribution is 0.405. The number of phenolic OH excluding ortho intramolecular Hbond substituents is 3. The van der Waals surface area contributed by atoms with Crippen molar-refractivity contribution in [3.63, 3.8) is 0 Å². The third-order valence-corrected chi connectivity index (χ3v) is 15.3. The van der Waals surface area contributed by atoms with Gasteiger partial charge in [0.2, 0.25) is 20.0 Å². The molecule has 5 aromatic carbocycles. The average Bonchev–Trinajstić information content (AvgIpc) is 3.19. The number of benzene rings is 5. The molecule has 7 N–H and O–H groups in total. The number of hydrogen-bond donors (Lipinski definition) is 6. The van der Waals surface area contributed by atoms with Crippen LogP contribution in [0.3, 0.4) is 0 Å². The maximum Gasteiger partial charge on any atom is 0.296 e. The molecule has 0 spiro atoms. The third kappa shape index (κ3) is 8.80. The Morgan fingerprint density at radius 3 is 1.45 bits per heavy atom. The lowest BCUT2D eigenvalue weighted by Gasteiger charge is -2.22. The van der Waals surface area contributed by atoms with Gasteiger partial charge < -0.3 is 30.5 Å². The highest BCUT2D eigenvalue weighted by atomic mass is 32.2. The van der Waals surface area contributed by atoms with Gasteiger partial charge in [-0.15, -0.1) is 20.5 Å². The van der Waals surface area contributed by atoms with Crippen molar-refractivity contribution in [3.8, 4) is 28.7 Å². The van der Waals surface area contributed by atoms with Crippen LogP contribution in [0.4, 0.5) is 28.4 Å². The molecule has 0 unspecified atom stereocenters. The van der Waals surface area contributed by atoms with Crippen LogP contribution in [0, 0.1) is 0 Å². The predicted octanol–water partition coefficient (Wildman–Crippen LogP) is 6.09. The number of nitrogens with zero attached hydrogens (tertiary/aromatic N) is 6. The van der Waals surface area contributed by atoms with Crippen LogP contribution in [0.1, 0.15) is 27.7 Å². The van der Waals surface area contributed by atoms with Gasteiger partial charge in [-0.05, 0) is 41.1 Å². The standard InChI is InChI=1S/C36H41N7O15S4/c1-7-42(8-2)59(47,48)21-11-19-13-29(60(49,50)43(9-3)10-4)33(35(45)31(19)23(37)15-21)40-38-24-17-28(58-6)25(18-27(24)57-5)39-41-34-30(62(54,55)56)14-20-12-22(61(51,52)53)16-26(44)32(20)36(34)46/h11-18,44-46H,7-10,37H2,1-6H3,(H,51,52,53)(H,54,55,56). The fourth-order valence-electron chi connectivity index (χ4n) is 6.46. The molecular formula is C36H41N7O15S4. The first-order chi connectivity index (χ1) is 28.9. The summed E-state index contributed by atoms with van der Waals surface area (Å²) in [7, 11) is -16.3. The minimum absolute atomic E-state index is 0.00656. The Morgan fingerprint density at radius 1 is 0.548 bits per heavy atom. The van der Waals surface area contributed by atoms with Crippen LogP contribution in [0.25, 0.3) is 21.5 Å². The Hall–Kier alpha value is -5.74. The fourth-order valence-corrected chi connectivity index (χ4v) is 10.8. The first kappa shape index (κ1) is 47.3. The largest absolute Gasteiger partial charge is 0.507 e. The van der Waals surface area contributed by atoms with E-state index in [0.29, 0.717) is 12.1 Å². The molecule has 0 aliphatic rings. The van der Waals surface area contributed by atoms with Crippen LogP contribution in [0.2, 0.25) is 0 Å². The van der Waals surface area contributed by atoms with Gasteiger partial charge in [0, 0.05) is 55.5 Å². The van der Waals surface area contributed by atoms with E-state index in [-0.39, 0.29) is 70.4 Å². The lowest BCUT2D eigenvalue weighted by Crippen LogP contribution is -2.31. The molecule has 62 heavy (non-hydrogen) atoms. The second-order valence-corrected chi connectivity index (χ2v) is 19.7. The smallest absolute Gasteiger partial charge is 0.296 e. The third-order valence-electron chi connectivity index (χ3n) is 9.49. The van der Waals surface area contributed by atoms with Crippen LogP contribution >= 0.6 is 0 Å². The molecule has 0 heterocycles. The topological polar surface area (TPSA) is 338 Å². The van der Waals surface area contributed by atoms with Gasteiger partial charge in [-0.3, -0.25) is 9.11 Å². The summed E-state index contributed by atoms with van der Waals surface area (Å²) in [5.41, 5.74) is 4.24. The Kier molecular flexibility index (Phi) is 13.4. The summed E-state index contributed by atoms with van der Waals surface area (Å²) in [4.78, 5) is -2.72.